The van der Waals surface area contributed by atoms with Crippen LogP contribution in [0.2, 0.25) is 5.02 Å². The largest absolute Gasteiger partial charge is 0.493 e. The maximum atomic E-state index is 12.8. The van der Waals surface area contributed by atoms with Crippen molar-refractivity contribution in [2.24, 2.45) is 5.10 Å². The molecule has 0 atom stereocenters. The molecule has 1 amide bonds. The lowest BCUT2D eigenvalue weighted by Gasteiger charge is -2.07. The van der Waals surface area contributed by atoms with Crippen molar-refractivity contribution in [2.75, 3.05) is 18.5 Å². The molecule has 0 aliphatic rings. The molecule has 7 heteroatoms. The average Bonchev–Trinajstić information content (AvgIpc) is 2.57. The number of halogens is 2. The first-order valence-electron chi connectivity index (χ1n) is 7.32. The predicted octanol–water partition coefficient (Wildman–Crippen LogP) is 3.44. The summed E-state index contributed by atoms with van der Waals surface area (Å²) in [5.41, 5.74) is 3.70. The van der Waals surface area contributed by atoms with E-state index in [1.807, 2.05) is 6.92 Å². The van der Waals surface area contributed by atoms with E-state index in [0.29, 0.717) is 28.6 Å². The molecule has 0 unspecified atom stereocenters. The number of hydrazone groups is 1. The molecule has 2 N–H and O–H groups in total. The summed E-state index contributed by atoms with van der Waals surface area (Å²) in [7, 11) is 0. The standard InChI is InChI=1S/C17H17ClFN3O2/c1-2-24-16-8-3-13(18)9-12(16)10-21-22-17(23)11-20-15-6-4-14(19)5-7-15/h3-10,20H,2,11H2,1H3,(H,22,23)/b21-10-. The van der Waals surface area contributed by atoms with Crippen LogP contribution in [0, 0.1) is 5.82 Å². The normalized spacial score (nSPS) is 10.6. The molecule has 0 aliphatic heterocycles. The van der Waals surface area contributed by atoms with Crippen molar-refractivity contribution in [1.82, 2.24) is 5.43 Å². The van der Waals surface area contributed by atoms with E-state index in [1.165, 1.54) is 18.3 Å². The predicted molar refractivity (Wildman–Crippen MR) is 93.2 cm³/mol. The van der Waals surface area contributed by atoms with E-state index in [4.69, 9.17) is 16.3 Å². The van der Waals surface area contributed by atoms with Gasteiger partial charge in [0.15, 0.2) is 0 Å². The molecule has 0 spiro atoms. The summed E-state index contributed by atoms with van der Waals surface area (Å²) in [6, 6.07) is 10.9. The fourth-order valence-electron chi connectivity index (χ4n) is 1.87. The molecule has 2 aromatic carbocycles. The molecule has 0 radical (unpaired) electrons. The highest BCUT2D eigenvalue weighted by atomic mass is 35.5. The summed E-state index contributed by atoms with van der Waals surface area (Å²) in [5, 5.41) is 7.30. The molecule has 0 aromatic heterocycles. The van der Waals surface area contributed by atoms with Crippen molar-refractivity contribution < 1.29 is 13.9 Å². The van der Waals surface area contributed by atoms with Crippen LogP contribution in [-0.2, 0) is 4.79 Å². The second-order valence-corrected chi connectivity index (χ2v) is 5.21. The number of carbonyl (C=O) groups excluding carboxylic acids is 1. The Labute approximate surface area is 144 Å². The van der Waals surface area contributed by atoms with Crippen molar-refractivity contribution in [2.45, 2.75) is 6.92 Å². The Morgan fingerprint density at radius 3 is 2.75 bits per heavy atom. The Balaban J connectivity index is 1.88. The molecule has 0 bridgehead atoms. The summed E-state index contributed by atoms with van der Waals surface area (Å²) < 4.78 is 18.2. The number of amides is 1. The second-order valence-electron chi connectivity index (χ2n) is 4.77. The van der Waals surface area contributed by atoms with Crippen molar-refractivity contribution in [3.63, 3.8) is 0 Å². The van der Waals surface area contributed by atoms with Gasteiger partial charge in [-0.2, -0.15) is 5.10 Å². The number of ether oxygens (including phenoxy) is 1. The van der Waals surface area contributed by atoms with E-state index in [2.05, 4.69) is 15.8 Å². The number of hydrogen-bond acceptors (Lipinski definition) is 4. The Bertz CT molecular complexity index is 720. The zero-order valence-electron chi connectivity index (χ0n) is 13.1. The monoisotopic (exact) mass is 349 g/mol. The number of nitrogens with zero attached hydrogens (tertiary/aromatic N) is 1. The van der Waals surface area contributed by atoms with Gasteiger partial charge in [0.1, 0.15) is 11.6 Å². The number of hydrogen-bond donors (Lipinski definition) is 2. The van der Waals surface area contributed by atoms with E-state index in [1.54, 1.807) is 30.3 Å². The highest BCUT2D eigenvalue weighted by Crippen LogP contribution is 2.21. The van der Waals surface area contributed by atoms with E-state index in [0.717, 1.165) is 0 Å². The maximum Gasteiger partial charge on any atom is 0.259 e. The minimum atomic E-state index is -0.337. The lowest BCUT2D eigenvalue weighted by Crippen LogP contribution is -2.25. The first-order valence-corrected chi connectivity index (χ1v) is 7.70. The van der Waals surface area contributed by atoms with Crippen LogP contribution in [-0.4, -0.2) is 25.3 Å². The third-order valence-corrected chi connectivity index (χ3v) is 3.20. The third kappa shape index (κ3) is 5.55. The quantitative estimate of drug-likeness (QED) is 0.594. The summed E-state index contributed by atoms with van der Waals surface area (Å²) in [5.74, 6) is -0.0406. The molecule has 0 saturated carbocycles. The number of nitrogens with one attached hydrogen (secondary N) is 2. The van der Waals surface area contributed by atoms with Crippen LogP contribution in [0.15, 0.2) is 47.6 Å². The zero-order chi connectivity index (χ0) is 17.4. The van der Waals surface area contributed by atoms with Crippen molar-refractivity contribution in [1.29, 1.82) is 0 Å². The van der Waals surface area contributed by atoms with Crippen molar-refractivity contribution >= 4 is 29.4 Å². The van der Waals surface area contributed by atoms with Gasteiger partial charge in [0.2, 0.25) is 0 Å². The Morgan fingerprint density at radius 2 is 2.04 bits per heavy atom. The van der Waals surface area contributed by atoms with Crippen LogP contribution < -0.4 is 15.5 Å². The molecule has 24 heavy (non-hydrogen) atoms. The third-order valence-electron chi connectivity index (χ3n) is 2.96. The van der Waals surface area contributed by atoms with Gasteiger partial charge in [-0.25, -0.2) is 9.82 Å². The Hall–Kier alpha value is -2.60. The van der Waals surface area contributed by atoms with E-state index < -0.39 is 0 Å². The van der Waals surface area contributed by atoms with E-state index >= 15 is 0 Å². The number of anilines is 1. The van der Waals surface area contributed by atoms with Crippen LogP contribution in [0.3, 0.4) is 0 Å². The van der Waals surface area contributed by atoms with E-state index in [-0.39, 0.29) is 18.3 Å². The van der Waals surface area contributed by atoms with Crippen LogP contribution in [0.5, 0.6) is 5.75 Å². The number of benzene rings is 2. The van der Waals surface area contributed by atoms with Gasteiger partial charge in [-0.1, -0.05) is 11.6 Å². The minimum absolute atomic E-state index is 0.0107. The summed E-state index contributed by atoms with van der Waals surface area (Å²) in [6.45, 7) is 2.39. The molecule has 0 saturated heterocycles. The van der Waals surface area contributed by atoms with Gasteiger partial charge in [-0.05, 0) is 49.4 Å². The SMILES string of the molecule is CCOc1ccc(Cl)cc1/C=N\NC(=O)CNc1ccc(F)cc1. The molecule has 2 aromatic rings. The molecule has 0 aliphatic carbocycles. The molecule has 0 heterocycles. The molecular weight excluding hydrogens is 333 g/mol. The number of carbonyl (C=O) groups is 1. The molecular formula is C17H17ClFN3O2. The Morgan fingerprint density at radius 1 is 1.29 bits per heavy atom. The highest BCUT2D eigenvalue weighted by Gasteiger charge is 2.03. The van der Waals surface area contributed by atoms with E-state index in [9.17, 15) is 9.18 Å². The summed E-state index contributed by atoms with van der Waals surface area (Å²) in [4.78, 5) is 11.7. The highest BCUT2D eigenvalue weighted by molar-refractivity contribution is 6.30. The summed E-state index contributed by atoms with van der Waals surface area (Å²) in [6.07, 6.45) is 1.46. The van der Waals surface area contributed by atoms with Gasteiger partial charge in [0.05, 0.1) is 19.4 Å². The van der Waals surface area contributed by atoms with Crippen molar-refractivity contribution in [3.8, 4) is 5.75 Å². The van der Waals surface area contributed by atoms with Crippen LogP contribution >= 0.6 is 11.6 Å². The average molecular weight is 350 g/mol. The van der Waals surface area contributed by atoms with Gasteiger partial charge in [-0.15, -0.1) is 0 Å². The topological polar surface area (TPSA) is 62.7 Å². The van der Waals surface area contributed by atoms with Crippen LogP contribution in [0.25, 0.3) is 0 Å². The minimum Gasteiger partial charge on any atom is -0.493 e. The maximum absolute atomic E-state index is 12.8. The van der Waals surface area contributed by atoms with Gasteiger partial charge in [-0.3, -0.25) is 4.79 Å². The molecule has 0 fully saturated rings. The van der Waals surface area contributed by atoms with Gasteiger partial charge < -0.3 is 10.1 Å². The first-order chi connectivity index (χ1) is 11.6. The zero-order valence-corrected chi connectivity index (χ0v) is 13.8. The van der Waals surface area contributed by atoms with Crippen LogP contribution in [0.4, 0.5) is 10.1 Å². The van der Waals surface area contributed by atoms with Gasteiger partial charge >= 0.3 is 0 Å². The van der Waals surface area contributed by atoms with Crippen LogP contribution in [0.1, 0.15) is 12.5 Å². The fraction of sp³-hybridized carbons (Fsp3) is 0.176. The van der Waals surface area contributed by atoms with Gasteiger partial charge in [0, 0.05) is 16.3 Å². The lowest BCUT2D eigenvalue weighted by atomic mass is 10.2. The molecule has 2 rings (SSSR count). The fourth-order valence-corrected chi connectivity index (χ4v) is 2.05. The molecule has 5 nitrogen and oxygen atoms in total. The summed E-state index contributed by atoms with van der Waals surface area (Å²) >= 11 is 5.95. The van der Waals surface area contributed by atoms with Gasteiger partial charge in [0.25, 0.3) is 5.91 Å². The lowest BCUT2D eigenvalue weighted by molar-refractivity contribution is -0.119. The Kier molecular flexibility index (Phi) is 6.57. The smallest absolute Gasteiger partial charge is 0.259 e. The molecule has 126 valence electrons. The first kappa shape index (κ1) is 17.7. The second kappa shape index (κ2) is 8.88. The number of rotatable bonds is 7. The van der Waals surface area contributed by atoms with Crippen molar-refractivity contribution in [3.05, 3.63) is 58.9 Å².